The quantitative estimate of drug-likeness (QED) is 0.361. The van der Waals surface area contributed by atoms with Crippen molar-refractivity contribution in [1.29, 1.82) is 0 Å². The van der Waals surface area contributed by atoms with Crippen LogP contribution in [0.3, 0.4) is 0 Å². The van der Waals surface area contributed by atoms with Crippen LogP contribution in [0, 0.1) is 10.1 Å². The van der Waals surface area contributed by atoms with Gasteiger partial charge in [0.25, 0.3) is 0 Å². The molecule has 0 amide bonds. The molecule has 0 aliphatic rings. The van der Waals surface area contributed by atoms with Gasteiger partial charge in [0.05, 0.1) is 17.1 Å². The van der Waals surface area contributed by atoms with Crippen LogP contribution < -0.4 is 0 Å². The number of carbonyl (C=O) groups is 1. The summed E-state index contributed by atoms with van der Waals surface area (Å²) in [6, 6.07) is 4.10. The number of rotatable bonds is 5. The van der Waals surface area contributed by atoms with Gasteiger partial charge in [-0.15, -0.1) is 0 Å². The number of hydrogen-bond acceptors (Lipinski definition) is 5. The van der Waals surface area contributed by atoms with E-state index in [0.717, 1.165) is 0 Å². The molecule has 0 aromatic heterocycles. The average Bonchev–Trinajstić information content (AvgIpc) is 2.32. The lowest BCUT2D eigenvalue weighted by Gasteiger charge is -2.19. The summed E-state index contributed by atoms with van der Waals surface area (Å²) in [7, 11) is 0. The van der Waals surface area contributed by atoms with Crippen LogP contribution in [-0.4, -0.2) is 29.7 Å². The molecule has 1 aromatic carbocycles. The molecule has 0 aliphatic heterocycles. The Morgan fingerprint density at radius 1 is 1.35 bits per heavy atom. The summed E-state index contributed by atoms with van der Waals surface area (Å²) in [5.41, 5.74) is -0.955. The normalized spacial score (nSPS) is 11.2. The third kappa shape index (κ3) is 4.79. The molecule has 0 atom stereocenters. The van der Waals surface area contributed by atoms with Crippen molar-refractivity contribution in [1.82, 2.24) is 0 Å². The van der Waals surface area contributed by atoms with Crippen LogP contribution in [0.5, 0.6) is 0 Å². The van der Waals surface area contributed by atoms with Gasteiger partial charge in [-0.1, -0.05) is 17.7 Å². The maximum absolute atomic E-state index is 11.8. The molecule has 0 heterocycles. The predicted molar refractivity (Wildman–Crippen MR) is 74.1 cm³/mol. The predicted octanol–water partition coefficient (Wildman–Crippen LogP) is 3.22. The van der Waals surface area contributed by atoms with Crippen LogP contribution in [0.4, 0.5) is 5.69 Å². The zero-order chi connectivity index (χ0) is 15.3. The SMILES string of the molecule is CC(C)(C)OCCOC(=O)c1cccc(Cl)c1[N+](=O)[O-]. The molecule has 0 bridgehead atoms. The lowest BCUT2D eigenvalue weighted by Crippen LogP contribution is -2.22. The fourth-order valence-corrected chi connectivity index (χ4v) is 1.67. The third-order valence-electron chi connectivity index (χ3n) is 2.24. The summed E-state index contributed by atoms with van der Waals surface area (Å²) in [5, 5.41) is 10.8. The molecule has 0 N–H and O–H groups in total. The van der Waals surface area contributed by atoms with Crippen molar-refractivity contribution in [2.75, 3.05) is 13.2 Å². The lowest BCUT2D eigenvalue weighted by atomic mass is 10.2. The average molecular weight is 302 g/mol. The smallest absolute Gasteiger partial charge is 0.345 e. The molecule has 7 heteroatoms. The minimum Gasteiger partial charge on any atom is -0.459 e. The molecule has 0 spiro atoms. The van der Waals surface area contributed by atoms with Crippen LogP contribution in [0.2, 0.25) is 5.02 Å². The number of carbonyl (C=O) groups excluding carboxylic acids is 1. The van der Waals surface area contributed by atoms with Crippen molar-refractivity contribution in [2.24, 2.45) is 0 Å². The highest BCUT2D eigenvalue weighted by molar-refractivity contribution is 6.33. The van der Waals surface area contributed by atoms with E-state index in [2.05, 4.69) is 0 Å². The molecule has 0 saturated carbocycles. The Kier molecular flexibility index (Phi) is 5.47. The van der Waals surface area contributed by atoms with Gasteiger partial charge in [-0.2, -0.15) is 0 Å². The van der Waals surface area contributed by atoms with Gasteiger partial charge in [-0.3, -0.25) is 10.1 Å². The first-order valence-electron chi connectivity index (χ1n) is 5.96. The van der Waals surface area contributed by atoms with Gasteiger partial charge >= 0.3 is 11.7 Å². The van der Waals surface area contributed by atoms with Crippen molar-refractivity contribution in [3.05, 3.63) is 38.9 Å². The molecule has 6 nitrogen and oxygen atoms in total. The molecule has 0 radical (unpaired) electrons. The van der Waals surface area contributed by atoms with Gasteiger partial charge in [0.15, 0.2) is 0 Å². The maximum Gasteiger partial charge on any atom is 0.345 e. The van der Waals surface area contributed by atoms with E-state index >= 15 is 0 Å². The van der Waals surface area contributed by atoms with Crippen molar-refractivity contribution >= 4 is 23.3 Å². The highest BCUT2D eigenvalue weighted by atomic mass is 35.5. The fourth-order valence-electron chi connectivity index (χ4n) is 1.43. The minimum absolute atomic E-state index is 0.0137. The molecule has 0 aliphatic carbocycles. The third-order valence-corrected chi connectivity index (χ3v) is 2.55. The molecule has 0 unspecified atom stereocenters. The number of nitro benzene ring substituents is 1. The minimum atomic E-state index is -0.795. The summed E-state index contributed by atoms with van der Waals surface area (Å²) < 4.78 is 10.3. The van der Waals surface area contributed by atoms with Gasteiger partial charge in [0.2, 0.25) is 0 Å². The highest BCUT2D eigenvalue weighted by Crippen LogP contribution is 2.28. The van der Waals surface area contributed by atoms with Gasteiger partial charge < -0.3 is 9.47 Å². The Bertz CT molecular complexity index is 510. The second kappa shape index (κ2) is 6.67. The van der Waals surface area contributed by atoms with Gasteiger partial charge in [-0.05, 0) is 32.9 Å². The first-order valence-corrected chi connectivity index (χ1v) is 6.34. The van der Waals surface area contributed by atoms with Crippen LogP contribution >= 0.6 is 11.6 Å². The van der Waals surface area contributed by atoms with Crippen molar-refractivity contribution in [2.45, 2.75) is 26.4 Å². The van der Waals surface area contributed by atoms with Gasteiger partial charge in [0.1, 0.15) is 17.2 Å². The first-order chi connectivity index (χ1) is 9.22. The van der Waals surface area contributed by atoms with Crippen molar-refractivity contribution in [3.8, 4) is 0 Å². The molecule has 0 saturated heterocycles. The topological polar surface area (TPSA) is 78.7 Å². The first kappa shape index (κ1) is 16.4. The molecule has 0 fully saturated rings. The summed E-state index contributed by atoms with van der Waals surface area (Å²) >= 11 is 5.72. The van der Waals surface area contributed by atoms with E-state index in [9.17, 15) is 14.9 Å². The monoisotopic (exact) mass is 301 g/mol. The number of hydrogen-bond donors (Lipinski definition) is 0. The molecule has 1 rings (SSSR count). The largest absolute Gasteiger partial charge is 0.459 e. The van der Waals surface area contributed by atoms with E-state index in [4.69, 9.17) is 21.1 Å². The summed E-state index contributed by atoms with van der Waals surface area (Å²) in [6.07, 6.45) is 0. The Labute approximate surface area is 121 Å². The van der Waals surface area contributed by atoms with Crippen molar-refractivity contribution < 1.29 is 19.2 Å². The van der Waals surface area contributed by atoms with E-state index in [0.29, 0.717) is 0 Å². The van der Waals surface area contributed by atoms with E-state index in [1.165, 1.54) is 18.2 Å². The zero-order valence-electron chi connectivity index (χ0n) is 11.5. The van der Waals surface area contributed by atoms with E-state index in [1.807, 2.05) is 20.8 Å². The highest BCUT2D eigenvalue weighted by Gasteiger charge is 2.24. The summed E-state index contributed by atoms with van der Waals surface area (Å²) in [4.78, 5) is 22.0. The maximum atomic E-state index is 11.8. The molecule has 20 heavy (non-hydrogen) atoms. The number of para-hydroxylation sites is 1. The van der Waals surface area contributed by atoms with Crippen LogP contribution in [0.1, 0.15) is 31.1 Å². The Hall–Kier alpha value is -1.66. The standard InChI is InChI=1S/C13H16ClNO5/c1-13(2,3)20-8-7-19-12(16)9-5-4-6-10(14)11(9)15(17)18/h4-6H,7-8H2,1-3H3. The number of esters is 1. The Balaban J connectivity index is 2.69. The number of benzene rings is 1. The second-order valence-corrected chi connectivity index (χ2v) is 5.40. The number of halogens is 1. The zero-order valence-corrected chi connectivity index (χ0v) is 12.3. The Morgan fingerprint density at radius 3 is 2.55 bits per heavy atom. The number of nitro groups is 1. The lowest BCUT2D eigenvalue weighted by molar-refractivity contribution is -0.385. The molecule has 110 valence electrons. The van der Waals surface area contributed by atoms with E-state index in [1.54, 1.807) is 0 Å². The fraction of sp³-hybridized carbons (Fsp3) is 0.462. The molecular weight excluding hydrogens is 286 g/mol. The second-order valence-electron chi connectivity index (χ2n) is 4.99. The van der Waals surface area contributed by atoms with Crippen LogP contribution in [0.15, 0.2) is 18.2 Å². The van der Waals surface area contributed by atoms with E-state index in [-0.39, 0.29) is 29.4 Å². The van der Waals surface area contributed by atoms with Gasteiger partial charge in [-0.25, -0.2) is 4.79 Å². The van der Waals surface area contributed by atoms with Gasteiger partial charge in [0, 0.05) is 0 Å². The van der Waals surface area contributed by atoms with Crippen LogP contribution in [-0.2, 0) is 9.47 Å². The van der Waals surface area contributed by atoms with E-state index < -0.39 is 16.6 Å². The summed E-state index contributed by atoms with van der Waals surface area (Å²) in [5.74, 6) is -0.795. The molecular formula is C13H16ClNO5. The number of nitrogens with zero attached hydrogens (tertiary/aromatic N) is 1. The Morgan fingerprint density at radius 2 is 2.00 bits per heavy atom. The molecule has 1 aromatic rings. The summed E-state index contributed by atoms with van der Waals surface area (Å²) in [6.45, 7) is 5.84. The number of ether oxygens (including phenoxy) is 2. The van der Waals surface area contributed by atoms with Crippen molar-refractivity contribution in [3.63, 3.8) is 0 Å². The van der Waals surface area contributed by atoms with Crippen LogP contribution in [0.25, 0.3) is 0 Å².